The van der Waals surface area contributed by atoms with Gasteiger partial charge in [-0.3, -0.25) is 4.79 Å². The fourth-order valence-corrected chi connectivity index (χ4v) is 2.72. The van der Waals surface area contributed by atoms with Gasteiger partial charge in [0, 0.05) is 5.69 Å². The van der Waals surface area contributed by atoms with E-state index in [4.69, 9.17) is 10.5 Å². The quantitative estimate of drug-likeness (QED) is 0.523. The second-order valence-electron chi connectivity index (χ2n) is 5.29. The molecule has 1 fully saturated rings. The summed E-state index contributed by atoms with van der Waals surface area (Å²) in [7, 11) is 0. The highest BCUT2D eigenvalue weighted by molar-refractivity contribution is 9.10. The lowest BCUT2D eigenvalue weighted by Gasteiger charge is -2.27. The average molecular weight is 326 g/mol. The molecule has 2 N–H and O–H groups in total. The molecule has 4 heteroatoms. The number of rotatable bonds is 3. The van der Waals surface area contributed by atoms with Crippen LogP contribution in [0, 0.1) is 0 Å². The van der Waals surface area contributed by atoms with E-state index in [9.17, 15) is 4.79 Å². The zero-order valence-corrected chi connectivity index (χ0v) is 12.8. The van der Waals surface area contributed by atoms with Crippen LogP contribution < -0.4 is 5.73 Å². The Morgan fingerprint density at radius 1 is 1.26 bits per heavy atom. The highest BCUT2D eigenvalue weighted by atomic mass is 79.9. The van der Waals surface area contributed by atoms with Crippen molar-refractivity contribution < 1.29 is 9.53 Å². The molecule has 0 spiro atoms. The monoisotopic (exact) mass is 325 g/mol. The fourth-order valence-electron chi connectivity index (χ4n) is 2.36. The normalized spacial score (nSPS) is 19.7. The lowest BCUT2D eigenvalue weighted by Crippen LogP contribution is -2.32. The number of carbonyl (C=O) groups is 1. The van der Waals surface area contributed by atoms with Gasteiger partial charge in [0.2, 0.25) is 0 Å². The third-order valence-corrected chi connectivity index (χ3v) is 4.44. The Bertz CT molecular complexity index is 436. The van der Waals surface area contributed by atoms with Gasteiger partial charge in [0.25, 0.3) is 0 Å². The van der Waals surface area contributed by atoms with E-state index in [-0.39, 0.29) is 12.1 Å². The number of esters is 1. The topological polar surface area (TPSA) is 52.3 Å². The van der Waals surface area contributed by atoms with E-state index in [0.717, 1.165) is 31.2 Å². The molecule has 0 aliphatic heterocycles. The molecule has 2 rings (SSSR count). The molecule has 0 bridgehead atoms. The summed E-state index contributed by atoms with van der Waals surface area (Å²) in [6.07, 6.45) is 5.59. The second kappa shape index (κ2) is 5.95. The van der Waals surface area contributed by atoms with Crippen LogP contribution in [0.1, 0.15) is 44.6 Å². The van der Waals surface area contributed by atoms with Crippen molar-refractivity contribution in [2.24, 2.45) is 0 Å². The number of nitrogens with two attached hydrogens (primary N) is 1. The second-order valence-corrected chi connectivity index (χ2v) is 6.88. The molecule has 0 radical (unpaired) electrons. The van der Waals surface area contributed by atoms with Crippen molar-refractivity contribution >= 4 is 27.6 Å². The Kier molecular flexibility index (Phi) is 4.50. The van der Waals surface area contributed by atoms with Crippen molar-refractivity contribution in [3.05, 3.63) is 29.8 Å². The van der Waals surface area contributed by atoms with Gasteiger partial charge < -0.3 is 10.5 Å². The van der Waals surface area contributed by atoms with E-state index >= 15 is 0 Å². The predicted octanol–water partition coefficient (Wildman–Crippen LogP) is 3.75. The molecule has 0 amide bonds. The molecule has 19 heavy (non-hydrogen) atoms. The maximum absolute atomic E-state index is 12.3. The molecule has 1 aliphatic rings. The van der Waals surface area contributed by atoms with Crippen molar-refractivity contribution in [3.8, 4) is 0 Å². The first-order chi connectivity index (χ1) is 9.00. The number of nitrogen functional groups attached to an aromatic ring is 1. The zero-order valence-electron chi connectivity index (χ0n) is 11.2. The van der Waals surface area contributed by atoms with Crippen LogP contribution >= 0.6 is 15.9 Å². The van der Waals surface area contributed by atoms with Crippen molar-refractivity contribution in [1.29, 1.82) is 0 Å². The van der Waals surface area contributed by atoms with Crippen LogP contribution in [-0.2, 0) is 13.9 Å². The molecule has 0 aromatic heterocycles. The minimum atomic E-state index is -0.807. The van der Waals surface area contributed by atoms with Gasteiger partial charge in [-0.25, -0.2) is 0 Å². The van der Waals surface area contributed by atoms with Gasteiger partial charge in [0.05, 0.1) is 0 Å². The third-order valence-electron chi connectivity index (χ3n) is 3.66. The summed E-state index contributed by atoms with van der Waals surface area (Å²) in [5.41, 5.74) is 7.22. The molecule has 1 aromatic rings. The van der Waals surface area contributed by atoms with E-state index in [1.807, 2.05) is 19.1 Å². The first-order valence-electron chi connectivity index (χ1n) is 6.76. The van der Waals surface area contributed by atoms with Crippen LogP contribution in [0.5, 0.6) is 0 Å². The number of ether oxygens (including phenoxy) is 1. The van der Waals surface area contributed by atoms with Crippen LogP contribution in [-0.4, -0.2) is 12.1 Å². The minimum absolute atomic E-state index is 0.0758. The summed E-state index contributed by atoms with van der Waals surface area (Å²) in [4.78, 5) is 12.3. The maximum atomic E-state index is 12.3. The van der Waals surface area contributed by atoms with E-state index in [1.165, 1.54) is 6.42 Å². The minimum Gasteiger partial charge on any atom is -0.461 e. The van der Waals surface area contributed by atoms with Gasteiger partial charge in [0.15, 0.2) is 0 Å². The Morgan fingerprint density at radius 3 is 2.42 bits per heavy atom. The summed E-state index contributed by atoms with van der Waals surface area (Å²) in [5, 5.41) is 0. The number of anilines is 1. The molecule has 1 aliphatic carbocycles. The molecule has 104 valence electrons. The number of benzene rings is 1. The highest BCUT2D eigenvalue weighted by Gasteiger charge is 2.35. The van der Waals surface area contributed by atoms with Gasteiger partial charge in [-0.15, -0.1) is 0 Å². The van der Waals surface area contributed by atoms with Crippen LogP contribution in [0.25, 0.3) is 0 Å². The van der Waals surface area contributed by atoms with Crippen molar-refractivity contribution in [3.63, 3.8) is 0 Å². The fraction of sp³-hybridized carbons (Fsp3) is 0.533. The summed E-state index contributed by atoms with van der Waals surface area (Å²) in [6, 6.07) is 7.30. The standard InChI is InChI=1S/C15H20BrNO2/c1-15(16,11-7-9-12(17)10-8-11)14(18)19-13-5-3-2-4-6-13/h7-10,13H,2-6,17H2,1H3. The van der Waals surface area contributed by atoms with E-state index in [2.05, 4.69) is 15.9 Å². The Balaban J connectivity index is 2.05. The van der Waals surface area contributed by atoms with Gasteiger partial charge >= 0.3 is 5.97 Å². The Labute approximate surface area is 122 Å². The third kappa shape index (κ3) is 3.50. The number of halogens is 1. The van der Waals surface area contributed by atoms with Gasteiger partial charge in [0.1, 0.15) is 10.4 Å². The van der Waals surface area contributed by atoms with Crippen LogP contribution in [0.2, 0.25) is 0 Å². The van der Waals surface area contributed by atoms with Gasteiger partial charge in [-0.1, -0.05) is 34.5 Å². The lowest BCUT2D eigenvalue weighted by molar-refractivity contribution is -0.153. The maximum Gasteiger partial charge on any atom is 0.327 e. The zero-order chi connectivity index (χ0) is 13.9. The number of hydrogen-bond donors (Lipinski definition) is 1. The summed E-state index contributed by atoms with van der Waals surface area (Å²) in [5.74, 6) is -0.218. The van der Waals surface area contributed by atoms with E-state index in [1.54, 1.807) is 12.1 Å². The molecule has 1 aromatic carbocycles. The largest absolute Gasteiger partial charge is 0.461 e. The van der Waals surface area contributed by atoms with Crippen LogP contribution in [0.15, 0.2) is 24.3 Å². The summed E-state index contributed by atoms with van der Waals surface area (Å²) < 4.78 is 4.82. The van der Waals surface area contributed by atoms with Crippen LogP contribution in [0.3, 0.4) is 0 Å². The van der Waals surface area contributed by atoms with Crippen molar-refractivity contribution in [2.45, 2.75) is 49.5 Å². The molecular formula is C15H20BrNO2. The number of hydrogen-bond acceptors (Lipinski definition) is 3. The van der Waals surface area contributed by atoms with Crippen molar-refractivity contribution in [1.82, 2.24) is 0 Å². The van der Waals surface area contributed by atoms with Gasteiger partial charge in [-0.05, 0) is 50.3 Å². The molecule has 1 unspecified atom stereocenters. The molecule has 1 saturated carbocycles. The first-order valence-corrected chi connectivity index (χ1v) is 7.55. The van der Waals surface area contributed by atoms with Crippen molar-refractivity contribution in [2.75, 3.05) is 5.73 Å². The smallest absolute Gasteiger partial charge is 0.327 e. The predicted molar refractivity (Wildman–Crippen MR) is 80.1 cm³/mol. The SMILES string of the molecule is CC(Br)(C(=O)OC1CCCCC1)c1ccc(N)cc1. The van der Waals surface area contributed by atoms with Gasteiger partial charge in [-0.2, -0.15) is 0 Å². The molecule has 3 nitrogen and oxygen atoms in total. The molecule has 0 heterocycles. The van der Waals surface area contributed by atoms with E-state index < -0.39 is 4.32 Å². The summed E-state index contributed by atoms with van der Waals surface area (Å²) >= 11 is 3.49. The number of carbonyl (C=O) groups excluding carboxylic acids is 1. The lowest BCUT2D eigenvalue weighted by atomic mass is 9.97. The highest BCUT2D eigenvalue weighted by Crippen LogP contribution is 2.34. The van der Waals surface area contributed by atoms with E-state index in [0.29, 0.717) is 5.69 Å². The molecular weight excluding hydrogens is 306 g/mol. The molecule has 0 saturated heterocycles. The molecule has 1 atom stereocenters. The Hall–Kier alpha value is -1.03. The van der Waals surface area contributed by atoms with Crippen LogP contribution in [0.4, 0.5) is 5.69 Å². The first kappa shape index (κ1) is 14.4. The number of alkyl halides is 1. The summed E-state index contributed by atoms with van der Waals surface area (Å²) in [6.45, 7) is 1.82. The Morgan fingerprint density at radius 2 is 1.84 bits per heavy atom. The average Bonchev–Trinajstić information content (AvgIpc) is 2.40.